The van der Waals surface area contributed by atoms with Gasteiger partial charge in [-0.2, -0.15) is 10.2 Å². The van der Waals surface area contributed by atoms with Crippen LogP contribution in [0, 0.1) is 0 Å². The summed E-state index contributed by atoms with van der Waals surface area (Å²) in [5, 5.41) is 9.00. The summed E-state index contributed by atoms with van der Waals surface area (Å²) in [5.41, 5.74) is 2.31. The molecule has 60 valence electrons. The second-order valence-corrected chi connectivity index (χ2v) is 2.78. The van der Waals surface area contributed by atoms with Gasteiger partial charge in [-0.25, -0.2) is 0 Å². The predicted octanol–water partition coefficient (Wildman–Crippen LogP) is 2.19. The molecule has 2 heteroatoms. The lowest BCUT2D eigenvalue weighted by Gasteiger charge is -1.97. The van der Waals surface area contributed by atoms with Crippen molar-refractivity contribution in [3.8, 4) is 0 Å². The minimum Gasteiger partial charge on any atom is -0.159 e. The molecule has 0 atom stereocenters. The number of fused-ring (bicyclic) bond motifs is 1. The van der Waals surface area contributed by atoms with E-state index in [0.717, 1.165) is 11.9 Å². The fourth-order valence-electron chi connectivity index (χ4n) is 1.26. The molecule has 12 heavy (non-hydrogen) atoms. The zero-order chi connectivity index (χ0) is 8.39. The molecule has 0 aliphatic carbocycles. The molecule has 0 unspecified atom stereocenters. The van der Waals surface area contributed by atoms with Crippen LogP contribution in [-0.4, -0.2) is 10.2 Å². The molecular weight excluding hydrogens is 148 g/mol. The van der Waals surface area contributed by atoms with Gasteiger partial charge >= 0.3 is 0 Å². The first-order valence-electron chi connectivity index (χ1n) is 4.10. The summed E-state index contributed by atoms with van der Waals surface area (Å²) in [5.74, 6) is 0. The molecule has 1 aromatic carbocycles. The first-order valence-corrected chi connectivity index (χ1v) is 4.10. The summed E-state index contributed by atoms with van der Waals surface area (Å²) in [6.07, 6.45) is 2.79. The third kappa shape index (κ3) is 1.16. The van der Waals surface area contributed by atoms with E-state index in [9.17, 15) is 0 Å². The van der Waals surface area contributed by atoms with Gasteiger partial charge in [-0.05, 0) is 30.2 Å². The monoisotopic (exact) mass is 158 g/mol. The van der Waals surface area contributed by atoms with E-state index in [0.29, 0.717) is 0 Å². The molecule has 0 aliphatic heterocycles. The molecule has 0 amide bonds. The molecule has 0 radical (unpaired) electrons. The van der Waals surface area contributed by atoms with Gasteiger partial charge in [-0.3, -0.25) is 0 Å². The Bertz CT molecular complexity index is 396. The van der Waals surface area contributed by atoms with Gasteiger partial charge in [0.15, 0.2) is 0 Å². The van der Waals surface area contributed by atoms with Crippen LogP contribution in [0.1, 0.15) is 12.5 Å². The van der Waals surface area contributed by atoms with Gasteiger partial charge in [0.2, 0.25) is 0 Å². The van der Waals surface area contributed by atoms with Crippen molar-refractivity contribution in [1.29, 1.82) is 0 Å². The van der Waals surface area contributed by atoms with Crippen LogP contribution in [0.5, 0.6) is 0 Å². The van der Waals surface area contributed by atoms with E-state index in [1.807, 2.05) is 12.1 Å². The number of hydrogen-bond donors (Lipinski definition) is 0. The van der Waals surface area contributed by atoms with Crippen molar-refractivity contribution >= 4 is 10.9 Å². The number of aromatic nitrogens is 2. The largest absolute Gasteiger partial charge is 0.159 e. The zero-order valence-electron chi connectivity index (χ0n) is 6.99. The highest BCUT2D eigenvalue weighted by Gasteiger charge is 1.94. The number of hydrogen-bond acceptors (Lipinski definition) is 2. The van der Waals surface area contributed by atoms with Crippen LogP contribution in [0.4, 0.5) is 0 Å². The maximum atomic E-state index is 4.01. The lowest BCUT2D eigenvalue weighted by Crippen LogP contribution is -1.84. The molecule has 0 spiro atoms. The summed E-state index contributed by atoms with van der Waals surface area (Å²) < 4.78 is 0. The van der Waals surface area contributed by atoms with E-state index in [1.165, 1.54) is 10.9 Å². The summed E-state index contributed by atoms with van der Waals surface area (Å²) in [7, 11) is 0. The first kappa shape index (κ1) is 7.22. The highest BCUT2D eigenvalue weighted by molar-refractivity contribution is 5.78. The maximum absolute atomic E-state index is 4.01. The van der Waals surface area contributed by atoms with E-state index in [4.69, 9.17) is 0 Å². The summed E-state index contributed by atoms with van der Waals surface area (Å²) in [6.45, 7) is 2.15. The Morgan fingerprint density at radius 1 is 1.25 bits per heavy atom. The lowest BCUT2D eigenvalue weighted by atomic mass is 10.1. The smallest absolute Gasteiger partial charge is 0.0929 e. The van der Waals surface area contributed by atoms with Gasteiger partial charge in [0, 0.05) is 5.39 Å². The second-order valence-electron chi connectivity index (χ2n) is 2.78. The van der Waals surface area contributed by atoms with Gasteiger partial charge in [0.05, 0.1) is 11.7 Å². The molecule has 0 saturated heterocycles. The fourth-order valence-corrected chi connectivity index (χ4v) is 1.26. The minimum absolute atomic E-state index is 0.967. The molecule has 1 aromatic heterocycles. The molecular formula is C10H10N2. The first-order chi connectivity index (χ1) is 5.90. The Kier molecular flexibility index (Phi) is 1.74. The Morgan fingerprint density at radius 2 is 2.17 bits per heavy atom. The third-order valence-corrected chi connectivity index (χ3v) is 1.99. The Labute approximate surface area is 71.3 Å². The van der Waals surface area contributed by atoms with Gasteiger partial charge in [0.25, 0.3) is 0 Å². The maximum Gasteiger partial charge on any atom is 0.0929 e. The summed E-state index contributed by atoms with van der Waals surface area (Å²) >= 11 is 0. The lowest BCUT2D eigenvalue weighted by molar-refractivity contribution is 1.07. The molecule has 0 fully saturated rings. The van der Waals surface area contributed by atoms with E-state index in [1.54, 1.807) is 6.20 Å². The number of nitrogens with zero attached hydrogens (tertiary/aromatic N) is 2. The Morgan fingerprint density at radius 3 is 3.00 bits per heavy atom. The van der Waals surface area contributed by atoms with E-state index in [2.05, 4.69) is 29.3 Å². The Hall–Kier alpha value is -1.44. The summed E-state index contributed by atoms with van der Waals surface area (Å²) in [4.78, 5) is 0. The van der Waals surface area contributed by atoms with Gasteiger partial charge in [0.1, 0.15) is 0 Å². The average Bonchev–Trinajstić information content (AvgIpc) is 2.17. The highest BCUT2D eigenvalue weighted by Crippen LogP contribution is 2.12. The van der Waals surface area contributed by atoms with Crippen LogP contribution in [0.2, 0.25) is 0 Å². The zero-order valence-corrected chi connectivity index (χ0v) is 6.99. The quantitative estimate of drug-likeness (QED) is 0.635. The van der Waals surface area contributed by atoms with Crippen molar-refractivity contribution in [2.45, 2.75) is 13.3 Å². The topological polar surface area (TPSA) is 25.8 Å². The molecule has 2 aromatic rings. The number of rotatable bonds is 1. The standard InChI is InChI=1S/C10H10N2/c1-2-8-3-4-10-9(7-8)5-6-11-12-10/h3-7H,2H2,1H3. The van der Waals surface area contributed by atoms with E-state index in [-0.39, 0.29) is 0 Å². The van der Waals surface area contributed by atoms with Gasteiger partial charge < -0.3 is 0 Å². The van der Waals surface area contributed by atoms with E-state index >= 15 is 0 Å². The van der Waals surface area contributed by atoms with E-state index < -0.39 is 0 Å². The SMILES string of the molecule is CCc1ccc2nnccc2c1. The van der Waals surface area contributed by atoms with Crippen LogP contribution >= 0.6 is 0 Å². The van der Waals surface area contributed by atoms with Crippen LogP contribution < -0.4 is 0 Å². The summed E-state index contributed by atoms with van der Waals surface area (Å²) in [6, 6.07) is 8.25. The van der Waals surface area contributed by atoms with Crippen molar-refractivity contribution in [3.63, 3.8) is 0 Å². The predicted molar refractivity (Wildman–Crippen MR) is 48.9 cm³/mol. The minimum atomic E-state index is 0.967. The molecule has 1 heterocycles. The third-order valence-electron chi connectivity index (χ3n) is 1.99. The van der Waals surface area contributed by atoms with Crippen molar-refractivity contribution in [2.75, 3.05) is 0 Å². The second kappa shape index (κ2) is 2.89. The molecule has 2 rings (SSSR count). The molecule has 0 aliphatic rings. The normalized spacial score (nSPS) is 10.4. The van der Waals surface area contributed by atoms with Crippen molar-refractivity contribution in [1.82, 2.24) is 10.2 Å². The van der Waals surface area contributed by atoms with Crippen LogP contribution in [-0.2, 0) is 6.42 Å². The van der Waals surface area contributed by atoms with Crippen molar-refractivity contribution in [3.05, 3.63) is 36.0 Å². The molecule has 0 saturated carbocycles. The van der Waals surface area contributed by atoms with Crippen LogP contribution in [0.3, 0.4) is 0 Å². The highest BCUT2D eigenvalue weighted by atomic mass is 15.1. The molecule has 0 N–H and O–H groups in total. The van der Waals surface area contributed by atoms with Gasteiger partial charge in [-0.1, -0.05) is 13.0 Å². The molecule has 0 bridgehead atoms. The number of benzene rings is 1. The Balaban J connectivity index is 2.67. The fraction of sp³-hybridized carbons (Fsp3) is 0.200. The van der Waals surface area contributed by atoms with Gasteiger partial charge in [-0.15, -0.1) is 0 Å². The number of aryl methyl sites for hydroxylation is 1. The van der Waals surface area contributed by atoms with Crippen LogP contribution in [0.25, 0.3) is 10.9 Å². The van der Waals surface area contributed by atoms with Crippen molar-refractivity contribution < 1.29 is 0 Å². The van der Waals surface area contributed by atoms with Crippen LogP contribution in [0.15, 0.2) is 30.5 Å². The van der Waals surface area contributed by atoms with Crippen molar-refractivity contribution in [2.24, 2.45) is 0 Å². The average molecular weight is 158 g/mol. The molecule has 2 nitrogen and oxygen atoms in total.